The van der Waals surface area contributed by atoms with E-state index < -0.39 is 99.9 Å². The molecule has 0 aliphatic carbocycles. The van der Waals surface area contributed by atoms with Crippen LogP contribution in [0.15, 0.2) is 84.9 Å². The van der Waals surface area contributed by atoms with Gasteiger partial charge in [0, 0.05) is 64.1 Å². The van der Waals surface area contributed by atoms with Gasteiger partial charge in [-0.25, -0.2) is 0 Å². The van der Waals surface area contributed by atoms with Crippen molar-refractivity contribution in [1.29, 1.82) is 0 Å². The summed E-state index contributed by atoms with van der Waals surface area (Å²) in [5, 5.41) is 145. The molecule has 6 aromatic carbocycles. The van der Waals surface area contributed by atoms with Crippen LogP contribution in [-0.2, 0) is 12.2 Å². The van der Waals surface area contributed by atoms with E-state index in [1.807, 2.05) is 0 Å². The average molecular weight is 849 g/mol. The molecule has 0 spiro atoms. The fraction of sp³-hybridized carbons (Fsp3) is 0.200. The molecule has 0 saturated carbocycles. The first kappa shape index (κ1) is 38.6. The topological polar surface area (TPSA) is 300 Å². The third-order valence-electron chi connectivity index (χ3n) is 12.1. The number of ether oxygens (including phenoxy) is 4. The summed E-state index contributed by atoms with van der Waals surface area (Å²) in [5.41, 5.74) is -0.0983. The second-order valence-electron chi connectivity index (χ2n) is 15.7. The molecule has 2 bridgehead atoms. The SMILES string of the molecule is Oc1ccc([C@]23Oc4cc(O)cc(O)c4[C@H](c4c(cc(O)c5c4O[C@H](c4ccc(O)c(O)c4)[C@H](O)[C@@H]5c4c(O)cc(O)c5c4O[C@@H](c4ccc(O)c(O)c4)[C@@H](O)C5)O2)[C@H]3O)cc1. The number of fused-ring (bicyclic) bond motifs is 9. The van der Waals surface area contributed by atoms with Crippen molar-refractivity contribution in [3.8, 4) is 80.5 Å². The summed E-state index contributed by atoms with van der Waals surface area (Å²) in [7, 11) is 0. The Morgan fingerprint density at radius 2 is 1.02 bits per heavy atom. The first-order valence-electron chi connectivity index (χ1n) is 19.2. The monoisotopic (exact) mass is 848 g/mol. The van der Waals surface area contributed by atoms with E-state index in [1.54, 1.807) is 0 Å². The number of aliphatic hydroxyl groups is 3. The number of benzene rings is 6. The molecule has 318 valence electrons. The third kappa shape index (κ3) is 5.52. The summed E-state index contributed by atoms with van der Waals surface area (Å²) in [6, 6.07) is 17.1. The summed E-state index contributed by atoms with van der Waals surface area (Å²) in [4.78, 5) is 0. The van der Waals surface area contributed by atoms with Crippen molar-refractivity contribution in [3.63, 3.8) is 0 Å². The Kier molecular flexibility index (Phi) is 8.37. The number of hydrogen-bond acceptors (Lipinski definition) is 17. The Labute approximate surface area is 349 Å². The Balaban J connectivity index is 1.25. The van der Waals surface area contributed by atoms with Gasteiger partial charge in [-0.05, 0) is 59.7 Å². The number of aromatic hydroxyl groups is 10. The van der Waals surface area contributed by atoms with Crippen LogP contribution in [0.4, 0.5) is 0 Å². The molecule has 8 atom stereocenters. The minimum atomic E-state index is -2.14. The molecule has 62 heavy (non-hydrogen) atoms. The first-order chi connectivity index (χ1) is 29.6. The van der Waals surface area contributed by atoms with Crippen LogP contribution in [0, 0.1) is 0 Å². The van der Waals surface area contributed by atoms with Crippen molar-refractivity contribution in [3.05, 3.63) is 129 Å². The minimum absolute atomic E-state index is 0.0124. The summed E-state index contributed by atoms with van der Waals surface area (Å²) >= 11 is 0. The van der Waals surface area contributed by atoms with E-state index in [1.165, 1.54) is 48.5 Å². The van der Waals surface area contributed by atoms with E-state index in [4.69, 9.17) is 18.9 Å². The number of phenols is 10. The molecule has 13 N–H and O–H groups in total. The Bertz CT molecular complexity index is 2840. The van der Waals surface area contributed by atoms with Crippen LogP contribution >= 0.6 is 0 Å². The molecule has 17 nitrogen and oxygen atoms in total. The maximum Gasteiger partial charge on any atom is 0.305 e. The highest BCUT2D eigenvalue weighted by molar-refractivity contribution is 5.72. The second kappa shape index (κ2) is 13.5. The molecule has 0 unspecified atom stereocenters. The fourth-order valence-electron chi connectivity index (χ4n) is 9.28. The van der Waals surface area contributed by atoms with E-state index in [-0.39, 0.29) is 79.7 Å². The van der Waals surface area contributed by atoms with Gasteiger partial charge < -0.3 is 85.3 Å². The zero-order chi connectivity index (χ0) is 43.7. The van der Waals surface area contributed by atoms with Gasteiger partial charge in [0.15, 0.2) is 29.1 Å². The van der Waals surface area contributed by atoms with Gasteiger partial charge in [-0.2, -0.15) is 0 Å². The predicted octanol–water partition coefficient (Wildman–Crippen LogP) is 4.54. The van der Waals surface area contributed by atoms with Crippen LogP contribution in [0.5, 0.6) is 80.5 Å². The van der Waals surface area contributed by atoms with Crippen LogP contribution < -0.4 is 18.9 Å². The molecule has 0 amide bonds. The molecule has 17 heteroatoms. The largest absolute Gasteiger partial charge is 0.508 e. The standard InChI is InChI=1S/C45H36O17/c46-19-5-3-18(4-6-19)45-44(58)38(33-27(53)11-20(47)12-31(33)61-45)36-32(62-45)15-29(55)35-37(39(57)41(60-43(35)36)17-2-8-23(49)26(52)10-17)34-28(54)14-24(50)21-13-30(56)40(59-42(21)34)16-1-7-22(48)25(51)9-16/h1-12,14-15,30,37-41,44,46-58H,13H2/t30-,37+,38+,39+,40-,41+,44+,45-/m0/s1. The van der Waals surface area contributed by atoms with Crippen LogP contribution in [0.1, 0.15) is 68.6 Å². The average Bonchev–Trinajstić information content (AvgIpc) is 3.21. The Morgan fingerprint density at radius 1 is 0.452 bits per heavy atom. The van der Waals surface area contributed by atoms with Gasteiger partial charge in [0.2, 0.25) is 0 Å². The summed E-state index contributed by atoms with van der Waals surface area (Å²) < 4.78 is 25.8. The van der Waals surface area contributed by atoms with Crippen molar-refractivity contribution >= 4 is 0 Å². The second-order valence-corrected chi connectivity index (χ2v) is 15.7. The molecule has 0 saturated heterocycles. The fourth-order valence-corrected chi connectivity index (χ4v) is 9.28. The summed E-state index contributed by atoms with van der Waals surface area (Å²) in [5.74, 6) is -10.8. The maximum absolute atomic E-state index is 12.5. The maximum atomic E-state index is 12.5. The lowest BCUT2D eigenvalue weighted by atomic mass is 9.71. The quantitative estimate of drug-likeness (QED) is 0.108. The van der Waals surface area contributed by atoms with Crippen molar-refractivity contribution < 1.29 is 85.3 Å². The zero-order valence-corrected chi connectivity index (χ0v) is 31.8. The Hall–Kier alpha value is -7.60. The van der Waals surface area contributed by atoms with E-state index in [0.29, 0.717) is 0 Å². The number of phenolic OH excluding ortho intramolecular Hbond substituents is 10. The molecule has 4 aliphatic rings. The lowest BCUT2D eigenvalue weighted by Crippen LogP contribution is -2.57. The van der Waals surface area contributed by atoms with Crippen LogP contribution in [-0.4, -0.2) is 84.7 Å². The van der Waals surface area contributed by atoms with Crippen molar-refractivity contribution in [1.82, 2.24) is 0 Å². The molecular formula is C45H36O17. The number of rotatable bonds is 4. The van der Waals surface area contributed by atoms with Crippen LogP contribution in [0.25, 0.3) is 0 Å². The van der Waals surface area contributed by atoms with Gasteiger partial charge >= 0.3 is 5.79 Å². The van der Waals surface area contributed by atoms with Gasteiger partial charge in [-0.1, -0.05) is 12.1 Å². The molecule has 0 fully saturated rings. The highest BCUT2D eigenvalue weighted by Gasteiger charge is 2.61. The molecule has 4 heterocycles. The van der Waals surface area contributed by atoms with Crippen molar-refractivity contribution in [2.24, 2.45) is 0 Å². The van der Waals surface area contributed by atoms with Crippen LogP contribution in [0.2, 0.25) is 0 Å². The summed E-state index contributed by atoms with van der Waals surface area (Å²) in [6.45, 7) is 0. The van der Waals surface area contributed by atoms with Crippen molar-refractivity contribution in [2.45, 2.75) is 54.6 Å². The smallest absolute Gasteiger partial charge is 0.305 e. The van der Waals surface area contributed by atoms with Gasteiger partial charge in [-0.15, -0.1) is 0 Å². The van der Waals surface area contributed by atoms with Crippen LogP contribution in [0.3, 0.4) is 0 Å². The molecule has 0 radical (unpaired) electrons. The summed E-state index contributed by atoms with van der Waals surface area (Å²) in [6.07, 6.45) is -8.06. The molecule has 6 aromatic rings. The highest BCUT2D eigenvalue weighted by Crippen LogP contribution is 2.65. The molecular weight excluding hydrogens is 812 g/mol. The normalized spacial score (nSPS) is 25.4. The Morgan fingerprint density at radius 3 is 1.66 bits per heavy atom. The minimum Gasteiger partial charge on any atom is -0.508 e. The van der Waals surface area contributed by atoms with E-state index in [0.717, 1.165) is 36.4 Å². The van der Waals surface area contributed by atoms with E-state index >= 15 is 0 Å². The highest BCUT2D eigenvalue weighted by atomic mass is 16.7. The number of aliphatic hydroxyl groups excluding tert-OH is 3. The first-order valence-corrected chi connectivity index (χ1v) is 19.2. The van der Waals surface area contributed by atoms with Gasteiger partial charge in [-0.3, -0.25) is 0 Å². The van der Waals surface area contributed by atoms with Gasteiger partial charge in [0.05, 0.1) is 17.9 Å². The zero-order valence-electron chi connectivity index (χ0n) is 31.8. The predicted molar refractivity (Wildman–Crippen MR) is 210 cm³/mol. The van der Waals surface area contributed by atoms with E-state index in [9.17, 15) is 66.4 Å². The van der Waals surface area contributed by atoms with Gasteiger partial charge in [0.25, 0.3) is 0 Å². The molecule has 0 aromatic heterocycles. The van der Waals surface area contributed by atoms with Gasteiger partial charge in [0.1, 0.15) is 75.8 Å². The molecule has 10 rings (SSSR count). The molecule has 4 aliphatic heterocycles. The third-order valence-corrected chi connectivity index (χ3v) is 12.1. The lowest BCUT2D eigenvalue weighted by Gasteiger charge is -2.51. The van der Waals surface area contributed by atoms with Crippen molar-refractivity contribution in [2.75, 3.05) is 0 Å². The lowest BCUT2D eigenvalue weighted by molar-refractivity contribution is -0.219. The van der Waals surface area contributed by atoms with E-state index in [2.05, 4.69) is 0 Å². The number of hydrogen-bond donors (Lipinski definition) is 13.